The van der Waals surface area contributed by atoms with E-state index in [1.54, 1.807) is 6.92 Å². The van der Waals surface area contributed by atoms with Gasteiger partial charge in [0.2, 0.25) is 0 Å². The van der Waals surface area contributed by atoms with Crippen LogP contribution in [-0.4, -0.2) is 42.4 Å². The number of piperazine rings is 1. The fraction of sp³-hybridized carbons (Fsp3) is 0.321. The Balaban J connectivity index is 1.60. The molecule has 0 radical (unpaired) electrons. The maximum Gasteiger partial charge on any atom is 0.121 e. The van der Waals surface area contributed by atoms with Gasteiger partial charge in [-0.3, -0.25) is 4.90 Å². The molecule has 3 atom stereocenters. The third kappa shape index (κ3) is 6.09. The Morgan fingerprint density at radius 2 is 1.74 bits per heavy atom. The minimum Gasteiger partial charge on any atom is -0.491 e. The van der Waals surface area contributed by atoms with Gasteiger partial charge in [0.1, 0.15) is 12.4 Å². The summed E-state index contributed by atoms with van der Waals surface area (Å²) in [6, 6.07) is 24.0. The molecule has 3 aromatic rings. The number of ether oxygens (including phenoxy) is 1. The first-order chi connectivity index (χ1) is 16.9. The van der Waals surface area contributed by atoms with E-state index >= 15 is 0 Å². The van der Waals surface area contributed by atoms with Gasteiger partial charge in [0.05, 0.1) is 34.5 Å². The first-order valence-electron chi connectivity index (χ1n) is 11.7. The number of nitrogens with zero attached hydrogens (tertiary/aromatic N) is 3. The molecule has 1 aliphatic rings. The topological polar surface area (TPSA) is 59.7 Å². The van der Waals surface area contributed by atoms with Gasteiger partial charge in [-0.1, -0.05) is 47.5 Å². The van der Waals surface area contributed by atoms with Gasteiger partial charge in [-0.05, 0) is 61.4 Å². The fourth-order valence-electron chi connectivity index (χ4n) is 4.49. The molecule has 0 amide bonds. The number of aliphatic hydroxyl groups is 1. The summed E-state index contributed by atoms with van der Waals surface area (Å²) < 4.78 is 5.63. The summed E-state index contributed by atoms with van der Waals surface area (Å²) in [6.45, 7) is 6.57. The number of anilines is 1. The Kier molecular flexibility index (Phi) is 8.20. The zero-order chi connectivity index (χ0) is 24.9. The smallest absolute Gasteiger partial charge is 0.121 e. The first-order valence-corrected chi connectivity index (χ1v) is 12.5. The van der Waals surface area contributed by atoms with Crippen molar-refractivity contribution in [3.05, 3.63) is 93.5 Å². The molecule has 0 bridgehead atoms. The van der Waals surface area contributed by atoms with E-state index in [0.29, 0.717) is 21.4 Å². The second-order valence-electron chi connectivity index (χ2n) is 8.94. The molecule has 1 aliphatic heterocycles. The molecule has 1 saturated heterocycles. The summed E-state index contributed by atoms with van der Waals surface area (Å²) >= 11 is 12.9. The Labute approximate surface area is 217 Å². The Morgan fingerprint density at radius 1 is 1.03 bits per heavy atom. The Hall–Kier alpha value is -2.75. The number of rotatable bonds is 7. The molecule has 0 aliphatic carbocycles. The van der Waals surface area contributed by atoms with Gasteiger partial charge in [0.25, 0.3) is 0 Å². The predicted octanol–water partition coefficient (Wildman–Crippen LogP) is 6.25. The van der Waals surface area contributed by atoms with E-state index in [2.05, 4.69) is 34.9 Å². The number of nitriles is 1. The standard InChI is InChI=1S/C28H29Cl2N3O2/c1-19(34)18-35-25-11-12-27(26(30)15-25)33-14-13-32(17-28(33)23-7-9-24(29)10-8-23)20(2)22-5-3-21(16-31)4-6-22/h3-12,15,19-20,28,34H,13-14,17-18H2,1-2H3/t19-,20-,28+/m1/s1. The van der Waals surface area contributed by atoms with Crippen LogP contribution in [0.15, 0.2) is 66.7 Å². The maximum atomic E-state index is 9.51. The van der Waals surface area contributed by atoms with Gasteiger partial charge >= 0.3 is 0 Å². The highest BCUT2D eigenvalue weighted by atomic mass is 35.5. The van der Waals surface area contributed by atoms with Crippen LogP contribution in [0.1, 0.15) is 42.6 Å². The van der Waals surface area contributed by atoms with Gasteiger partial charge in [0, 0.05) is 36.8 Å². The van der Waals surface area contributed by atoms with Crippen LogP contribution in [0.5, 0.6) is 5.75 Å². The highest BCUT2D eigenvalue weighted by Gasteiger charge is 2.32. The summed E-state index contributed by atoms with van der Waals surface area (Å²) in [7, 11) is 0. The van der Waals surface area contributed by atoms with Crippen LogP contribution in [0.25, 0.3) is 0 Å². The minimum absolute atomic E-state index is 0.0728. The lowest BCUT2D eigenvalue weighted by Gasteiger charge is -2.45. The monoisotopic (exact) mass is 509 g/mol. The predicted molar refractivity (Wildman–Crippen MR) is 141 cm³/mol. The first kappa shape index (κ1) is 25.3. The van der Waals surface area contributed by atoms with Crippen molar-refractivity contribution in [3.63, 3.8) is 0 Å². The van der Waals surface area contributed by atoms with Crippen molar-refractivity contribution in [2.45, 2.75) is 32.0 Å². The Morgan fingerprint density at radius 3 is 2.37 bits per heavy atom. The molecule has 0 saturated carbocycles. The second-order valence-corrected chi connectivity index (χ2v) is 9.78. The van der Waals surface area contributed by atoms with Crippen molar-refractivity contribution < 1.29 is 9.84 Å². The van der Waals surface area contributed by atoms with Gasteiger partial charge < -0.3 is 14.7 Å². The van der Waals surface area contributed by atoms with E-state index in [1.165, 1.54) is 5.56 Å². The largest absolute Gasteiger partial charge is 0.491 e. The summed E-state index contributed by atoms with van der Waals surface area (Å²) in [5.41, 5.74) is 3.96. The molecule has 0 spiro atoms. The Bertz CT molecular complexity index is 1180. The van der Waals surface area contributed by atoms with E-state index in [0.717, 1.165) is 30.9 Å². The van der Waals surface area contributed by atoms with E-state index in [9.17, 15) is 5.11 Å². The van der Waals surface area contributed by atoms with Crippen LogP contribution in [0.4, 0.5) is 5.69 Å². The van der Waals surface area contributed by atoms with Gasteiger partial charge in [-0.2, -0.15) is 5.26 Å². The van der Waals surface area contributed by atoms with Crippen molar-refractivity contribution in [3.8, 4) is 11.8 Å². The highest BCUT2D eigenvalue weighted by molar-refractivity contribution is 6.33. The average molecular weight is 510 g/mol. The van der Waals surface area contributed by atoms with Crippen molar-refractivity contribution in [1.82, 2.24) is 4.90 Å². The van der Waals surface area contributed by atoms with Gasteiger partial charge in [0.15, 0.2) is 0 Å². The molecule has 0 unspecified atom stereocenters. The van der Waals surface area contributed by atoms with Gasteiger partial charge in [-0.25, -0.2) is 0 Å². The molecular weight excluding hydrogens is 481 g/mol. The zero-order valence-electron chi connectivity index (χ0n) is 19.9. The molecule has 5 nitrogen and oxygen atoms in total. The molecule has 3 aromatic carbocycles. The lowest BCUT2D eigenvalue weighted by Crippen LogP contribution is -2.49. The molecule has 1 fully saturated rings. The minimum atomic E-state index is -0.547. The van der Waals surface area contributed by atoms with E-state index < -0.39 is 6.10 Å². The third-order valence-electron chi connectivity index (χ3n) is 6.46. The summed E-state index contributed by atoms with van der Waals surface area (Å²) in [5.74, 6) is 0.635. The van der Waals surface area contributed by atoms with Crippen LogP contribution < -0.4 is 9.64 Å². The number of hydrogen-bond acceptors (Lipinski definition) is 5. The molecular formula is C28H29Cl2N3O2. The SMILES string of the molecule is C[C@H](c1ccc(C#N)cc1)N1CCN(c2ccc(OC[C@@H](C)O)cc2Cl)[C@H](c2ccc(Cl)cc2)C1. The number of hydrogen-bond donors (Lipinski definition) is 1. The van der Waals surface area contributed by atoms with Crippen LogP contribution in [0, 0.1) is 11.3 Å². The zero-order valence-corrected chi connectivity index (χ0v) is 21.4. The number of halogens is 2. The van der Waals surface area contributed by atoms with E-state index in [-0.39, 0.29) is 18.7 Å². The summed E-state index contributed by atoms with van der Waals surface area (Å²) in [5, 5.41) is 19.9. The summed E-state index contributed by atoms with van der Waals surface area (Å²) in [6.07, 6.45) is -0.547. The van der Waals surface area contributed by atoms with Crippen LogP contribution in [0.2, 0.25) is 10.0 Å². The van der Waals surface area contributed by atoms with Crippen molar-refractivity contribution >= 4 is 28.9 Å². The number of benzene rings is 3. The molecule has 35 heavy (non-hydrogen) atoms. The van der Waals surface area contributed by atoms with Gasteiger partial charge in [-0.15, -0.1) is 0 Å². The van der Waals surface area contributed by atoms with Crippen molar-refractivity contribution in [1.29, 1.82) is 5.26 Å². The van der Waals surface area contributed by atoms with Crippen LogP contribution in [-0.2, 0) is 0 Å². The van der Waals surface area contributed by atoms with E-state index in [4.69, 9.17) is 33.2 Å². The lowest BCUT2D eigenvalue weighted by atomic mass is 9.98. The maximum absolute atomic E-state index is 9.51. The van der Waals surface area contributed by atoms with Crippen LogP contribution >= 0.6 is 23.2 Å². The average Bonchev–Trinajstić information content (AvgIpc) is 2.87. The fourth-order valence-corrected chi connectivity index (χ4v) is 4.89. The quantitative estimate of drug-likeness (QED) is 0.407. The number of aliphatic hydroxyl groups excluding tert-OH is 1. The third-order valence-corrected chi connectivity index (χ3v) is 7.01. The molecule has 1 N–H and O–H groups in total. The molecule has 182 valence electrons. The molecule has 4 rings (SSSR count). The van der Waals surface area contributed by atoms with Crippen molar-refractivity contribution in [2.24, 2.45) is 0 Å². The van der Waals surface area contributed by atoms with Crippen LogP contribution in [0.3, 0.4) is 0 Å². The molecule has 1 heterocycles. The normalized spacial score (nSPS) is 18.1. The second kappa shape index (κ2) is 11.3. The lowest BCUT2D eigenvalue weighted by molar-refractivity contribution is 0.122. The molecule has 0 aromatic heterocycles. The summed E-state index contributed by atoms with van der Waals surface area (Å²) in [4.78, 5) is 4.80. The highest BCUT2D eigenvalue weighted by Crippen LogP contribution is 2.39. The molecule has 7 heteroatoms. The van der Waals surface area contributed by atoms with Crippen molar-refractivity contribution in [2.75, 3.05) is 31.1 Å². The van der Waals surface area contributed by atoms with E-state index in [1.807, 2.05) is 54.6 Å².